The summed E-state index contributed by atoms with van der Waals surface area (Å²) in [4.78, 5) is 12.6. The largest absolute Gasteiger partial charge is 0.487 e. The van der Waals surface area contributed by atoms with Gasteiger partial charge in [-0.2, -0.15) is 13.2 Å². The molecule has 2 aromatic rings. The lowest BCUT2D eigenvalue weighted by Crippen LogP contribution is -2.24. The molecule has 1 aliphatic heterocycles. The molecule has 27 heavy (non-hydrogen) atoms. The number of hydrogen-bond acceptors (Lipinski definition) is 2. The van der Waals surface area contributed by atoms with Crippen molar-refractivity contribution in [2.45, 2.75) is 32.0 Å². The summed E-state index contributed by atoms with van der Waals surface area (Å²) >= 11 is 11.7. The normalized spacial score (nSPS) is 16.0. The van der Waals surface area contributed by atoms with Crippen LogP contribution in [-0.4, -0.2) is 17.6 Å². The van der Waals surface area contributed by atoms with Crippen LogP contribution in [0.1, 0.15) is 35.3 Å². The van der Waals surface area contributed by atoms with Crippen molar-refractivity contribution < 1.29 is 22.7 Å². The lowest BCUT2D eigenvalue weighted by atomic mass is 9.96. The summed E-state index contributed by atoms with van der Waals surface area (Å²) in [5, 5.41) is 0.319. The zero-order chi connectivity index (χ0) is 20.0. The average molecular weight is 415 g/mol. The predicted molar refractivity (Wildman–Crippen MR) is 99.7 cm³/mol. The second kappa shape index (κ2) is 6.88. The third kappa shape index (κ3) is 4.30. The Balaban J connectivity index is 2.02. The van der Waals surface area contributed by atoms with Gasteiger partial charge in [-0.25, -0.2) is 0 Å². The summed E-state index contributed by atoms with van der Waals surface area (Å²) < 4.78 is 46.4. The van der Waals surface area contributed by atoms with Gasteiger partial charge in [0.05, 0.1) is 0 Å². The van der Waals surface area contributed by atoms with E-state index in [4.69, 9.17) is 27.9 Å². The maximum absolute atomic E-state index is 13.6. The SMILES string of the molecule is CC1(C)Cc2cc(C(=O)/C(=C\c3ccc(Cl)cc3Cl)C(F)(F)F)ccc2O1. The van der Waals surface area contributed by atoms with Crippen molar-refractivity contribution in [3.05, 3.63) is 68.7 Å². The summed E-state index contributed by atoms with van der Waals surface area (Å²) in [5.74, 6) is -0.546. The van der Waals surface area contributed by atoms with E-state index in [2.05, 4.69) is 0 Å². The zero-order valence-corrected chi connectivity index (χ0v) is 16.0. The molecular weight excluding hydrogens is 400 g/mol. The fourth-order valence-corrected chi connectivity index (χ4v) is 3.42. The second-order valence-electron chi connectivity index (χ2n) is 6.91. The second-order valence-corrected chi connectivity index (χ2v) is 7.76. The van der Waals surface area contributed by atoms with E-state index in [1.807, 2.05) is 13.8 Å². The van der Waals surface area contributed by atoms with Crippen LogP contribution < -0.4 is 4.74 Å². The Morgan fingerprint density at radius 2 is 1.85 bits per heavy atom. The molecule has 142 valence electrons. The van der Waals surface area contributed by atoms with Crippen molar-refractivity contribution >= 4 is 35.1 Å². The van der Waals surface area contributed by atoms with Crippen molar-refractivity contribution in [1.82, 2.24) is 0 Å². The van der Waals surface area contributed by atoms with E-state index in [0.29, 0.717) is 22.8 Å². The monoisotopic (exact) mass is 414 g/mol. The highest BCUT2D eigenvalue weighted by Gasteiger charge is 2.39. The Morgan fingerprint density at radius 1 is 1.15 bits per heavy atom. The Labute approximate surface area is 164 Å². The number of allylic oxidation sites excluding steroid dienone is 1. The van der Waals surface area contributed by atoms with E-state index >= 15 is 0 Å². The van der Waals surface area contributed by atoms with Gasteiger partial charge in [-0.05, 0) is 61.4 Å². The molecule has 0 fully saturated rings. The quantitative estimate of drug-likeness (QED) is 0.421. The van der Waals surface area contributed by atoms with Gasteiger partial charge >= 0.3 is 6.18 Å². The van der Waals surface area contributed by atoms with Gasteiger partial charge < -0.3 is 4.74 Å². The van der Waals surface area contributed by atoms with E-state index in [1.54, 1.807) is 0 Å². The number of alkyl halides is 3. The molecule has 0 N–H and O–H groups in total. The lowest BCUT2D eigenvalue weighted by molar-refractivity contribution is -0.0878. The maximum atomic E-state index is 13.6. The van der Waals surface area contributed by atoms with Crippen LogP contribution in [0.5, 0.6) is 5.75 Å². The van der Waals surface area contributed by atoms with Crippen LogP contribution in [0.15, 0.2) is 42.0 Å². The number of halogens is 5. The molecule has 0 saturated heterocycles. The first-order valence-corrected chi connectivity index (χ1v) is 8.82. The lowest BCUT2D eigenvalue weighted by Gasteiger charge is -2.16. The zero-order valence-electron chi connectivity index (χ0n) is 14.5. The third-order valence-electron chi connectivity index (χ3n) is 4.14. The van der Waals surface area contributed by atoms with Gasteiger partial charge in [0.15, 0.2) is 5.78 Å². The van der Waals surface area contributed by atoms with E-state index in [9.17, 15) is 18.0 Å². The molecule has 0 aliphatic carbocycles. The van der Waals surface area contributed by atoms with Gasteiger partial charge in [0.1, 0.15) is 16.9 Å². The topological polar surface area (TPSA) is 26.3 Å². The Hall–Kier alpha value is -1.98. The van der Waals surface area contributed by atoms with Crippen LogP contribution in [0.4, 0.5) is 13.2 Å². The number of benzene rings is 2. The maximum Gasteiger partial charge on any atom is 0.420 e. The van der Waals surface area contributed by atoms with Crippen LogP contribution in [-0.2, 0) is 6.42 Å². The molecule has 3 rings (SSSR count). The molecule has 0 amide bonds. The summed E-state index contributed by atoms with van der Waals surface area (Å²) in [7, 11) is 0. The van der Waals surface area contributed by atoms with Crippen LogP contribution in [0.3, 0.4) is 0 Å². The summed E-state index contributed by atoms with van der Waals surface area (Å²) in [5.41, 5.74) is -1.04. The van der Waals surface area contributed by atoms with Gasteiger partial charge in [-0.3, -0.25) is 4.79 Å². The molecule has 1 aliphatic rings. The third-order valence-corrected chi connectivity index (χ3v) is 4.70. The summed E-state index contributed by atoms with van der Waals surface area (Å²) in [6.45, 7) is 3.75. The molecule has 2 nitrogen and oxygen atoms in total. The molecule has 0 atom stereocenters. The first-order valence-electron chi connectivity index (χ1n) is 8.07. The number of fused-ring (bicyclic) bond motifs is 1. The number of carbonyl (C=O) groups excluding carboxylic acids is 1. The fourth-order valence-electron chi connectivity index (χ4n) is 2.96. The molecule has 2 aromatic carbocycles. The van der Waals surface area contributed by atoms with Crippen LogP contribution >= 0.6 is 23.2 Å². The van der Waals surface area contributed by atoms with Crippen molar-refractivity contribution in [2.24, 2.45) is 0 Å². The van der Waals surface area contributed by atoms with E-state index < -0.39 is 23.1 Å². The number of hydrogen-bond donors (Lipinski definition) is 0. The van der Waals surface area contributed by atoms with E-state index in [-0.39, 0.29) is 16.1 Å². The van der Waals surface area contributed by atoms with E-state index in [1.165, 1.54) is 36.4 Å². The van der Waals surface area contributed by atoms with Crippen LogP contribution in [0, 0.1) is 0 Å². The summed E-state index contributed by atoms with van der Waals surface area (Å²) in [6, 6.07) is 8.39. The molecule has 0 radical (unpaired) electrons. The minimum Gasteiger partial charge on any atom is -0.487 e. The molecule has 7 heteroatoms. The van der Waals surface area contributed by atoms with Gasteiger partial charge in [-0.1, -0.05) is 29.3 Å². The highest BCUT2D eigenvalue weighted by atomic mass is 35.5. The van der Waals surface area contributed by atoms with E-state index in [0.717, 1.165) is 6.08 Å². The van der Waals surface area contributed by atoms with Crippen molar-refractivity contribution in [1.29, 1.82) is 0 Å². The molecule has 0 spiro atoms. The molecule has 0 unspecified atom stereocenters. The first kappa shape index (κ1) is 19.8. The number of Topliss-reactive ketones (excluding diaryl/α,β-unsaturated/α-hetero) is 1. The molecule has 0 bridgehead atoms. The Morgan fingerprint density at radius 3 is 2.48 bits per heavy atom. The Kier molecular flexibility index (Phi) is 5.04. The van der Waals surface area contributed by atoms with Crippen LogP contribution in [0.2, 0.25) is 10.0 Å². The molecule has 0 saturated carbocycles. The highest BCUT2D eigenvalue weighted by Crippen LogP contribution is 2.37. The molecule has 1 heterocycles. The van der Waals surface area contributed by atoms with Crippen molar-refractivity contribution in [3.63, 3.8) is 0 Å². The van der Waals surface area contributed by atoms with Gasteiger partial charge in [0, 0.05) is 22.0 Å². The highest BCUT2D eigenvalue weighted by molar-refractivity contribution is 6.35. The fraction of sp³-hybridized carbons (Fsp3) is 0.250. The van der Waals surface area contributed by atoms with Crippen molar-refractivity contribution in [2.75, 3.05) is 0 Å². The van der Waals surface area contributed by atoms with Crippen LogP contribution in [0.25, 0.3) is 6.08 Å². The minimum absolute atomic E-state index is 0.0288. The van der Waals surface area contributed by atoms with Gasteiger partial charge in [0.2, 0.25) is 0 Å². The standard InChI is InChI=1S/C20H15Cl2F3O2/c1-19(2)10-13-7-12(4-6-17(13)27-19)18(26)15(20(23,24)25)8-11-3-5-14(21)9-16(11)22/h3-9H,10H2,1-2H3/b15-8+. The number of carbonyl (C=O) groups is 1. The number of rotatable bonds is 3. The molecular formula is C20H15Cl2F3O2. The average Bonchev–Trinajstić information content (AvgIpc) is 2.85. The van der Waals surface area contributed by atoms with Gasteiger partial charge in [-0.15, -0.1) is 0 Å². The van der Waals surface area contributed by atoms with Gasteiger partial charge in [0.25, 0.3) is 0 Å². The number of ketones is 1. The molecule has 0 aromatic heterocycles. The Bertz CT molecular complexity index is 947. The first-order chi connectivity index (χ1) is 12.5. The predicted octanol–water partition coefficient (Wildman–Crippen LogP) is 6.54. The summed E-state index contributed by atoms with van der Waals surface area (Å²) in [6.07, 6.45) is -3.58. The minimum atomic E-state index is -4.84. The van der Waals surface area contributed by atoms with Crippen molar-refractivity contribution in [3.8, 4) is 5.75 Å². The number of ether oxygens (including phenoxy) is 1. The smallest absolute Gasteiger partial charge is 0.420 e.